The minimum atomic E-state index is 0.157. The Hall–Kier alpha value is -2.88. The number of piperidine rings is 1. The number of benzene rings is 2. The van der Waals surface area contributed by atoms with Crippen LogP contribution in [0.1, 0.15) is 41.3 Å². The molecule has 0 unspecified atom stereocenters. The van der Waals surface area contributed by atoms with E-state index < -0.39 is 0 Å². The van der Waals surface area contributed by atoms with E-state index in [0.717, 1.165) is 67.4 Å². The van der Waals surface area contributed by atoms with Gasteiger partial charge in [-0.05, 0) is 79.6 Å². The maximum absolute atomic E-state index is 12.8. The van der Waals surface area contributed by atoms with Gasteiger partial charge in [0.25, 0.3) is 5.91 Å². The fourth-order valence-corrected chi connectivity index (χ4v) is 4.50. The Bertz CT molecular complexity index is 1070. The minimum absolute atomic E-state index is 0.157. The van der Waals surface area contributed by atoms with Crippen LogP contribution in [0.25, 0.3) is 10.9 Å². The summed E-state index contributed by atoms with van der Waals surface area (Å²) in [5.74, 6) is 1.93. The van der Waals surface area contributed by atoms with Gasteiger partial charge in [0.05, 0.1) is 5.52 Å². The van der Waals surface area contributed by atoms with Crippen molar-refractivity contribution in [2.24, 2.45) is 5.92 Å². The number of pyridine rings is 1. The van der Waals surface area contributed by atoms with Crippen LogP contribution in [0, 0.1) is 12.8 Å². The fourth-order valence-electron chi connectivity index (χ4n) is 4.50. The molecular weight excluding hydrogens is 358 g/mol. The third-order valence-corrected chi connectivity index (χ3v) is 6.39. The van der Waals surface area contributed by atoms with Gasteiger partial charge < -0.3 is 9.80 Å². The molecule has 4 heteroatoms. The van der Waals surface area contributed by atoms with Crippen LogP contribution in [-0.4, -0.2) is 35.4 Å². The van der Waals surface area contributed by atoms with Gasteiger partial charge in [-0.1, -0.05) is 19.1 Å². The Kier molecular flexibility index (Phi) is 4.50. The van der Waals surface area contributed by atoms with Gasteiger partial charge >= 0.3 is 0 Å². The van der Waals surface area contributed by atoms with Gasteiger partial charge in [-0.2, -0.15) is 0 Å². The lowest BCUT2D eigenvalue weighted by Crippen LogP contribution is -2.37. The van der Waals surface area contributed by atoms with Crippen LogP contribution in [0.15, 0.2) is 48.5 Å². The van der Waals surface area contributed by atoms with Crippen LogP contribution in [0.5, 0.6) is 0 Å². The largest absolute Gasteiger partial charge is 0.339 e. The molecule has 3 heterocycles. The van der Waals surface area contributed by atoms with Crippen molar-refractivity contribution < 1.29 is 4.79 Å². The topological polar surface area (TPSA) is 36.4 Å². The van der Waals surface area contributed by atoms with Crippen molar-refractivity contribution in [3.63, 3.8) is 0 Å². The SMILES string of the molecule is Cc1ccc2cc3c(nc2c1)N(c1ccc(C(=O)N2CCC(C)CC2)cc1)CC3. The molecule has 0 aliphatic carbocycles. The molecule has 1 saturated heterocycles. The highest BCUT2D eigenvalue weighted by molar-refractivity contribution is 5.95. The highest BCUT2D eigenvalue weighted by Gasteiger charge is 2.24. The highest BCUT2D eigenvalue weighted by Crippen LogP contribution is 2.35. The maximum Gasteiger partial charge on any atom is 0.253 e. The van der Waals surface area contributed by atoms with Crippen LogP contribution in [0.3, 0.4) is 0 Å². The number of amides is 1. The zero-order chi connectivity index (χ0) is 20.0. The summed E-state index contributed by atoms with van der Waals surface area (Å²) in [7, 11) is 0. The molecule has 1 amide bonds. The molecule has 0 bridgehead atoms. The van der Waals surface area contributed by atoms with Crippen LogP contribution < -0.4 is 4.90 Å². The van der Waals surface area contributed by atoms with Crippen LogP contribution in [0.4, 0.5) is 11.5 Å². The van der Waals surface area contributed by atoms with Gasteiger partial charge in [-0.15, -0.1) is 0 Å². The first-order valence-electron chi connectivity index (χ1n) is 10.7. The fraction of sp³-hybridized carbons (Fsp3) is 0.360. The monoisotopic (exact) mass is 385 g/mol. The van der Waals surface area contributed by atoms with Crippen LogP contribution in [-0.2, 0) is 6.42 Å². The molecular formula is C25H27N3O. The number of likely N-dealkylation sites (tertiary alicyclic amines) is 1. The van der Waals surface area contributed by atoms with E-state index in [-0.39, 0.29) is 5.91 Å². The Morgan fingerprint density at radius 2 is 1.76 bits per heavy atom. The molecule has 2 aromatic carbocycles. The number of carbonyl (C=O) groups excluding carboxylic acids is 1. The summed E-state index contributed by atoms with van der Waals surface area (Å²) in [6.45, 7) is 7.04. The molecule has 0 N–H and O–H groups in total. The standard InChI is InChI=1S/C25H27N3O/c1-17-9-12-27(13-10-17)25(29)19-5-7-22(8-6-19)28-14-11-21-16-20-4-3-18(2)15-23(20)26-24(21)28/h3-8,15-17H,9-14H2,1-2H3. The van der Waals surface area contributed by atoms with Crippen molar-refractivity contribution >= 4 is 28.3 Å². The van der Waals surface area contributed by atoms with Crippen molar-refractivity contribution in [1.82, 2.24) is 9.88 Å². The van der Waals surface area contributed by atoms with Crippen LogP contribution in [0.2, 0.25) is 0 Å². The third kappa shape index (κ3) is 3.37. The summed E-state index contributed by atoms with van der Waals surface area (Å²) < 4.78 is 0. The molecule has 2 aliphatic heterocycles. The van der Waals surface area contributed by atoms with E-state index in [9.17, 15) is 4.79 Å². The molecule has 148 valence electrons. The molecule has 29 heavy (non-hydrogen) atoms. The maximum atomic E-state index is 12.8. The lowest BCUT2D eigenvalue weighted by Gasteiger charge is -2.30. The van der Waals surface area contributed by atoms with Crippen molar-refractivity contribution in [3.05, 3.63) is 65.2 Å². The van der Waals surface area contributed by atoms with Gasteiger partial charge in [0.2, 0.25) is 0 Å². The number of carbonyl (C=O) groups is 1. The average molecular weight is 386 g/mol. The quantitative estimate of drug-likeness (QED) is 0.615. The molecule has 1 fully saturated rings. The Morgan fingerprint density at radius 3 is 2.52 bits per heavy atom. The summed E-state index contributed by atoms with van der Waals surface area (Å²) in [6, 6.07) is 16.8. The smallest absolute Gasteiger partial charge is 0.253 e. The van der Waals surface area contributed by atoms with Gasteiger partial charge in [-0.3, -0.25) is 4.79 Å². The Labute approximate surface area is 172 Å². The second kappa shape index (κ2) is 7.18. The predicted molar refractivity (Wildman–Crippen MR) is 118 cm³/mol. The predicted octanol–water partition coefficient (Wildman–Crippen LogP) is 5.11. The van der Waals surface area contributed by atoms with E-state index in [4.69, 9.17) is 4.98 Å². The first-order chi connectivity index (χ1) is 14.1. The van der Waals surface area contributed by atoms with E-state index in [1.165, 1.54) is 16.5 Å². The Balaban J connectivity index is 1.39. The lowest BCUT2D eigenvalue weighted by molar-refractivity contribution is 0.0697. The highest BCUT2D eigenvalue weighted by atomic mass is 16.2. The number of aromatic nitrogens is 1. The average Bonchev–Trinajstić information content (AvgIpc) is 3.15. The molecule has 0 atom stereocenters. The zero-order valence-corrected chi connectivity index (χ0v) is 17.2. The Morgan fingerprint density at radius 1 is 1.00 bits per heavy atom. The molecule has 0 saturated carbocycles. The summed E-state index contributed by atoms with van der Waals surface area (Å²) >= 11 is 0. The summed E-state index contributed by atoms with van der Waals surface area (Å²) in [4.78, 5) is 22.0. The number of fused-ring (bicyclic) bond motifs is 2. The van der Waals surface area contributed by atoms with Crippen molar-refractivity contribution in [2.45, 2.75) is 33.1 Å². The second-order valence-corrected chi connectivity index (χ2v) is 8.59. The summed E-state index contributed by atoms with van der Waals surface area (Å²) in [5.41, 5.74) is 5.45. The van der Waals surface area contributed by atoms with E-state index in [1.807, 2.05) is 17.0 Å². The normalized spacial score (nSPS) is 17.0. The summed E-state index contributed by atoms with van der Waals surface area (Å²) in [6.07, 6.45) is 3.21. The minimum Gasteiger partial charge on any atom is -0.339 e. The number of aryl methyl sites for hydroxylation is 1. The molecule has 5 rings (SSSR count). The van der Waals surface area contributed by atoms with Crippen LogP contribution >= 0.6 is 0 Å². The zero-order valence-electron chi connectivity index (χ0n) is 17.2. The number of anilines is 2. The van der Waals surface area contributed by atoms with E-state index in [0.29, 0.717) is 0 Å². The van der Waals surface area contributed by atoms with Gasteiger partial charge in [-0.25, -0.2) is 4.98 Å². The molecule has 3 aromatic rings. The van der Waals surface area contributed by atoms with Gasteiger partial charge in [0, 0.05) is 36.3 Å². The molecule has 1 aromatic heterocycles. The lowest BCUT2D eigenvalue weighted by atomic mass is 9.98. The van der Waals surface area contributed by atoms with Crippen molar-refractivity contribution in [1.29, 1.82) is 0 Å². The molecule has 0 spiro atoms. The first-order valence-corrected chi connectivity index (χ1v) is 10.7. The second-order valence-electron chi connectivity index (χ2n) is 8.59. The number of rotatable bonds is 2. The summed E-state index contributed by atoms with van der Waals surface area (Å²) in [5, 5.41) is 1.20. The van der Waals surface area contributed by atoms with E-state index in [1.54, 1.807) is 0 Å². The van der Waals surface area contributed by atoms with E-state index >= 15 is 0 Å². The van der Waals surface area contributed by atoms with Gasteiger partial charge in [0.1, 0.15) is 5.82 Å². The van der Waals surface area contributed by atoms with Gasteiger partial charge in [0.15, 0.2) is 0 Å². The van der Waals surface area contributed by atoms with Crippen molar-refractivity contribution in [2.75, 3.05) is 24.5 Å². The molecule has 0 radical (unpaired) electrons. The number of hydrogen-bond acceptors (Lipinski definition) is 3. The molecule has 4 nitrogen and oxygen atoms in total. The number of hydrogen-bond donors (Lipinski definition) is 0. The van der Waals surface area contributed by atoms with Crippen molar-refractivity contribution in [3.8, 4) is 0 Å². The van der Waals surface area contributed by atoms with E-state index in [2.05, 4.69) is 55.1 Å². The third-order valence-electron chi connectivity index (χ3n) is 6.39. The molecule has 2 aliphatic rings. The number of nitrogens with zero attached hydrogens (tertiary/aromatic N) is 3. The first kappa shape index (κ1) is 18.2.